The molecule has 3 heterocycles. The number of aryl methyl sites for hydroxylation is 3. The summed E-state index contributed by atoms with van der Waals surface area (Å²) >= 11 is 0. The number of amides is 3. The Morgan fingerprint density at radius 2 is 0.765 bits per heavy atom. The Kier molecular flexibility index (Phi) is 25.1. The number of benzene rings is 3. The normalized spacial score (nSPS) is 14.6. The molecule has 0 aromatic heterocycles. The molecular formula is C50H73F3N4O10S. The number of hydrogen-bond acceptors (Lipinski definition) is 10. The summed E-state index contributed by atoms with van der Waals surface area (Å²) < 4.78 is 72.2. The topological polar surface area (TPSA) is 157 Å². The van der Waals surface area contributed by atoms with E-state index in [0.717, 1.165) is 65.3 Å². The fourth-order valence-corrected chi connectivity index (χ4v) is 6.83. The fraction of sp³-hybridized carbons (Fsp3) is 0.560. The number of alkyl halides is 3. The van der Waals surface area contributed by atoms with Gasteiger partial charge in [0.2, 0.25) is 7.05 Å². The Morgan fingerprint density at radius 1 is 0.544 bits per heavy atom. The van der Waals surface area contributed by atoms with Crippen molar-refractivity contribution >= 4 is 28.4 Å². The smallest absolute Gasteiger partial charge is 0.444 e. The zero-order valence-electron chi connectivity index (χ0n) is 41.9. The first kappa shape index (κ1) is 60.6. The average molecular weight is 979 g/mol. The molecule has 3 aromatic carbocycles. The first-order valence-corrected chi connectivity index (χ1v) is 23.7. The van der Waals surface area contributed by atoms with Crippen molar-refractivity contribution in [1.29, 1.82) is 0 Å². The van der Waals surface area contributed by atoms with Gasteiger partial charge in [0, 0.05) is 46.4 Å². The quantitative estimate of drug-likeness (QED) is 0.108. The van der Waals surface area contributed by atoms with Gasteiger partial charge in [-0.15, -0.1) is 0 Å². The van der Waals surface area contributed by atoms with E-state index in [1.807, 2.05) is 80.5 Å². The van der Waals surface area contributed by atoms with Gasteiger partial charge in [0.25, 0.3) is 0 Å². The van der Waals surface area contributed by atoms with Crippen LogP contribution in [-0.2, 0) is 67.4 Å². The number of aliphatic hydroxyl groups excluding tert-OH is 1. The van der Waals surface area contributed by atoms with Gasteiger partial charge in [0.05, 0.1) is 7.11 Å². The lowest BCUT2D eigenvalue weighted by Gasteiger charge is -2.26. The molecule has 0 aliphatic carbocycles. The predicted molar refractivity (Wildman–Crippen MR) is 257 cm³/mol. The van der Waals surface area contributed by atoms with Gasteiger partial charge in [-0.25, -0.2) is 21.0 Å². The molecule has 14 nitrogen and oxygen atoms in total. The summed E-state index contributed by atoms with van der Waals surface area (Å²) in [5.74, 6) is 0. The van der Waals surface area contributed by atoms with E-state index >= 15 is 0 Å². The Hall–Kier alpha value is -5.38. The molecule has 3 amide bonds. The van der Waals surface area contributed by atoms with Gasteiger partial charge in [-0.05, 0) is 134 Å². The van der Waals surface area contributed by atoms with Crippen molar-refractivity contribution in [3.63, 3.8) is 0 Å². The van der Waals surface area contributed by atoms with Crippen LogP contribution < -0.4 is 0 Å². The molecule has 0 unspecified atom stereocenters. The van der Waals surface area contributed by atoms with Gasteiger partial charge in [-0.2, -0.15) is 21.6 Å². The number of carbonyl (C=O) groups excluding carboxylic acids is 3. The van der Waals surface area contributed by atoms with Crippen LogP contribution in [0.1, 0.15) is 115 Å². The zero-order chi connectivity index (χ0) is 51.9. The van der Waals surface area contributed by atoms with E-state index in [1.54, 1.807) is 14.7 Å². The van der Waals surface area contributed by atoms with Crippen LogP contribution in [0.15, 0.2) is 72.8 Å². The van der Waals surface area contributed by atoms with E-state index in [-0.39, 0.29) is 18.3 Å². The second-order valence-electron chi connectivity index (χ2n) is 18.6. The summed E-state index contributed by atoms with van der Waals surface area (Å²) in [4.78, 5) is 44.4. The number of rotatable bonds is 1. The number of halogens is 3. The summed E-state index contributed by atoms with van der Waals surface area (Å²) in [6.07, 6.45) is 5.47. The molecular weight excluding hydrogens is 906 g/mol. The zero-order valence-corrected chi connectivity index (χ0v) is 42.7. The summed E-state index contributed by atoms with van der Waals surface area (Å²) in [5.41, 5.74) is 1.18. The minimum Gasteiger partial charge on any atom is -0.444 e. The van der Waals surface area contributed by atoms with Crippen LogP contribution >= 0.6 is 0 Å². The molecule has 1 N–H and O–H groups in total. The molecule has 380 valence electrons. The van der Waals surface area contributed by atoms with Crippen LogP contribution in [0.25, 0.3) is 4.85 Å². The van der Waals surface area contributed by atoms with E-state index in [0.29, 0.717) is 26.7 Å². The predicted octanol–water partition coefficient (Wildman–Crippen LogP) is 10.7. The van der Waals surface area contributed by atoms with Gasteiger partial charge in [0.15, 0.2) is 0 Å². The second-order valence-corrected chi connectivity index (χ2v) is 20.3. The molecule has 0 atom stereocenters. The number of carbonyl (C=O) groups is 3. The van der Waals surface area contributed by atoms with Crippen molar-refractivity contribution in [2.75, 3.05) is 40.9 Å². The van der Waals surface area contributed by atoms with Crippen LogP contribution in [0.5, 0.6) is 0 Å². The van der Waals surface area contributed by atoms with Crippen LogP contribution in [0.4, 0.5) is 27.6 Å². The third kappa shape index (κ3) is 23.1. The van der Waals surface area contributed by atoms with Gasteiger partial charge in [-0.1, -0.05) is 72.8 Å². The summed E-state index contributed by atoms with van der Waals surface area (Å²) in [6.45, 7) is 27.2. The van der Waals surface area contributed by atoms with Crippen molar-refractivity contribution in [2.24, 2.45) is 0 Å². The maximum Gasteiger partial charge on any atom is 0.523 e. The Balaban J connectivity index is 0.000000449. The molecule has 0 fully saturated rings. The van der Waals surface area contributed by atoms with E-state index in [9.17, 15) is 36.0 Å². The summed E-state index contributed by atoms with van der Waals surface area (Å²) in [5, 5.41) is 7.00. The Labute approximate surface area is 402 Å². The SMILES string of the molecule is CC(C)(C)OC(=O)N1CCCc2ccccc2C1.CC(C)(C)OC(=O)N1CCCc2ccccc2C1.CC(C)(C)OC(=O)N1CCCc2ccccc2C1.CO.COS(=O)(=O)C(F)(F)F.[C-]#[N+]C. The molecule has 18 heteroatoms. The molecule has 0 saturated carbocycles. The van der Waals surface area contributed by atoms with Crippen LogP contribution in [0.3, 0.4) is 0 Å². The lowest BCUT2D eigenvalue weighted by atomic mass is 10.0. The molecule has 3 aliphatic heterocycles. The number of aliphatic hydroxyl groups is 1. The van der Waals surface area contributed by atoms with E-state index in [2.05, 4.69) is 63.6 Å². The molecule has 3 aromatic rings. The van der Waals surface area contributed by atoms with E-state index in [4.69, 9.17) is 25.9 Å². The van der Waals surface area contributed by atoms with Crippen molar-refractivity contribution in [3.8, 4) is 0 Å². The van der Waals surface area contributed by atoms with Gasteiger partial charge in [0.1, 0.15) is 16.8 Å². The number of nitrogens with zero attached hydrogens (tertiary/aromatic N) is 4. The summed E-state index contributed by atoms with van der Waals surface area (Å²) in [6, 6.07) is 25.0. The van der Waals surface area contributed by atoms with Crippen LogP contribution in [0, 0.1) is 6.57 Å². The third-order valence-electron chi connectivity index (χ3n) is 9.52. The molecule has 0 saturated heterocycles. The maximum absolute atomic E-state index is 12.1. The minimum atomic E-state index is -5.34. The second kappa shape index (κ2) is 28.2. The number of hydrogen-bond donors (Lipinski definition) is 1. The molecule has 0 bridgehead atoms. The van der Waals surface area contributed by atoms with Gasteiger partial charge >= 0.3 is 33.9 Å². The van der Waals surface area contributed by atoms with Crippen LogP contribution in [0.2, 0.25) is 0 Å². The largest absolute Gasteiger partial charge is 0.523 e. The van der Waals surface area contributed by atoms with Crippen molar-refractivity contribution in [1.82, 2.24) is 14.7 Å². The van der Waals surface area contributed by atoms with Crippen molar-refractivity contribution < 1.29 is 59.5 Å². The third-order valence-corrected chi connectivity index (χ3v) is 10.5. The minimum absolute atomic E-state index is 0.209. The molecule has 0 radical (unpaired) electrons. The highest BCUT2D eigenvalue weighted by Gasteiger charge is 2.46. The lowest BCUT2D eigenvalue weighted by molar-refractivity contribution is -0.0526. The standard InChI is InChI=1S/3C15H21NO2.C2H3F3O3S.C2H3N.CH4O/c3*1-15(2,3)18-14(17)16-10-6-9-12-7-4-5-8-13(12)11-16;1-8-9(6,7)2(3,4)5;1-3-2;1-2/h3*4-5,7-8H,6,9-11H2,1-3H3;1H3;1H3;2H,1H3. The number of fused-ring (bicyclic) bond motifs is 3. The Morgan fingerprint density at radius 3 is 0.941 bits per heavy atom. The van der Waals surface area contributed by atoms with Gasteiger partial charge in [-0.3, -0.25) is 4.18 Å². The highest BCUT2D eigenvalue weighted by molar-refractivity contribution is 7.87. The highest BCUT2D eigenvalue weighted by atomic mass is 32.2. The van der Waals surface area contributed by atoms with Crippen molar-refractivity contribution in [3.05, 3.63) is 118 Å². The van der Waals surface area contributed by atoms with Crippen molar-refractivity contribution in [2.45, 2.75) is 143 Å². The number of ether oxygens (including phenoxy) is 3. The first-order valence-electron chi connectivity index (χ1n) is 22.3. The Bertz CT molecular complexity index is 1980. The summed E-state index contributed by atoms with van der Waals surface area (Å²) in [7, 11) is -2.47. The average Bonchev–Trinajstić information content (AvgIpc) is 3.71. The van der Waals surface area contributed by atoms with Crippen LogP contribution in [-0.4, -0.2) is 110 Å². The monoisotopic (exact) mass is 978 g/mol. The van der Waals surface area contributed by atoms with E-state index < -0.39 is 32.4 Å². The first-order chi connectivity index (χ1) is 31.6. The maximum atomic E-state index is 12.1. The molecule has 3 aliphatic rings. The fourth-order valence-electron chi connectivity index (χ4n) is 6.64. The van der Waals surface area contributed by atoms with E-state index in [1.165, 1.54) is 40.4 Å². The molecule has 0 spiro atoms. The highest BCUT2D eigenvalue weighted by Crippen LogP contribution is 2.25. The lowest BCUT2D eigenvalue weighted by Crippen LogP contribution is -2.36. The molecule has 68 heavy (non-hydrogen) atoms. The van der Waals surface area contributed by atoms with Gasteiger partial charge < -0.3 is 38.9 Å². The molecule has 6 rings (SSSR count).